The third kappa shape index (κ3) is 4.64. The average Bonchev–Trinajstić information content (AvgIpc) is 2.94. The number of carbonyl (C=O) groups is 1. The molecule has 3 rings (SSSR count). The van der Waals surface area contributed by atoms with E-state index in [4.69, 9.17) is 0 Å². The molecule has 27 heavy (non-hydrogen) atoms. The minimum Gasteiger partial charge on any atom is -0.325 e. The molecule has 1 aliphatic rings. The molecular formula is C19H23N3O4S. The van der Waals surface area contributed by atoms with Gasteiger partial charge in [-0.05, 0) is 37.1 Å². The molecule has 0 unspecified atom stereocenters. The lowest BCUT2D eigenvalue weighted by atomic mass is 10.2. The van der Waals surface area contributed by atoms with Crippen molar-refractivity contribution in [2.24, 2.45) is 0 Å². The summed E-state index contributed by atoms with van der Waals surface area (Å²) in [7, 11) is -3.86. The van der Waals surface area contributed by atoms with Crippen molar-refractivity contribution in [1.82, 2.24) is 8.87 Å². The van der Waals surface area contributed by atoms with E-state index in [1.807, 2.05) is 6.07 Å². The number of sulfonamides is 1. The Kier molecular flexibility index (Phi) is 6.08. The molecule has 1 amide bonds. The Morgan fingerprint density at radius 2 is 1.63 bits per heavy atom. The highest BCUT2D eigenvalue weighted by atomic mass is 32.2. The molecule has 0 saturated carbocycles. The largest absolute Gasteiger partial charge is 0.325 e. The van der Waals surface area contributed by atoms with Crippen LogP contribution in [0.3, 0.4) is 0 Å². The number of hydrogen-bond acceptors (Lipinski definition) is 4. The molecule has 2 heterocycles. The third-order valence-corrected chi connectivity index (χ3v) is 6.45. The van der Waals surface area contributed by atoms with Crippen LogP contribution >= 0.6 is 0 Å². The van der Waals surface area contributed by atoms with Gasteiger partial charge in [0.25, 0.3) is 5.56 Å². The smallest absolute Gasteiger partial charge is 0.271 e. The standard InChI is InChI=1S/C19H23N3O4S/c23-18(20-16-9-4-3-5-10-16)15-21-12-8-11-17(19(21)24)27(25,26)22-13-6-1-2-7-14-22/h3-5,8-12H,1-2,6-7,13-15H2,(H,20,23). The molecule has 2 aromatic rings. The Balaban J connectivity index is 1.81. The van der Waals surface area contributed by atoms with Gasteiger partial charge < -0.3 is 9.88 Å². The number of anilines is 1. The van der Waals surface area contributed by atoms with Gasteiger partial charge in [-0.15, -0.1) is 0 Å². The van der Waals surface area contributed by atoms with Gasteiger partial charge in [0.05, 0.1) is 0 Å². The fourth-order valence-electron chi connectivity index (χ4n) is 3.13. The summed E-state index contributed by atoms with van der Waals surface area (Å²) in [6, 6.07) is 11.7. The number of hydrogen-bond donors (Lipinski definition) is 1. The van der Waals surface area contributed by atoms with Crippen LogP contribution in [0.5, 0.6) is 0 Å². The van der Waals surface area contributed by atoms with Gasteiger partial charge in [0, 0.05) is 25.0 Å². The number of rotatable bonds is 5. The Hall–Kier alpha value is -2.45. The van der Waals surface area contributed by atoms with Gasteiger partial charge in [-0.1, -0.05) is 31.0 Å². The SMILES string of the molecule is O=C(Cn1cccc(S(=O)(=O)N2CCCCCC2)c1=O)Nc1ccccc1. The molecular weight excluding hydrogens is 366 g/mol. The number of benzene rings is 1. The van der Waals surface area contributed by atoms with Crippen LogP contribution < -0.4 is 10.9 Å². The lowest BCUT2D eigenvalue weighted by molar-refractivity contribution is -0.116. The Morgan fingerprint density at radius 1 is 0.963 bits per heavy atom. The van der Waals surface area contributed by atoms with Gasteiger partial charge in [0.2, 0.25) is 15.9 Å². The highest BCUT2D eigenvalue weighted by Gasteiger charge is 2.28. The Labute approximate surface area is 158 Å². The molecule has 1 aliphatic heterocycles. The van der Waals surface area contributed by atoms with E-state index in [0.29, 0.717) is 18.8 Å². The zero-order valence-corrected chi connectivity index (χ0v) is 15.8. The summed E-state index contributed by atoms with van der Waals surface area (Å²) in [5.74, 6) is -0.396. The molecule has 1 aromatic carbocycles. The van der Waals surface area contributed by atoms with Crippen LogP contribution in [0.2, 0.25) is 0 Å². The van der Waals surface area contributed by atoms with Crippen LogP contribution in [-0.4, -0.2) is 36.3 Å². The van der Waals surface area contributed by atoms with E-state index < -0.39 is 21.5 Å². The minimum atomic E-state index is -3.86. The van der Waals surface area contributed by atoms with Gasteiger partial charge in [-0.3, -0.25) is 9.59 Å². The van der Waals surface area contributed by atoms with Gasteiger partial charge in [-0.25, -0.2) is 8.42 Å². The van der Waals surface area contributed by atoms with Gasteiger partial charge in [0.15, 0.2) is 0 Å². The molecule has 0 bridgehead atoms. The fraction of sp³-hybridized carbons (Fsp3) is 0.368. The van der Waals surface area contributed by atoms with E-state index in [9.17, 15) is 18.0 Å². The summed E-state index contributed by atoms with van der Waals surface area (Å²) < 4.78 is 28.3. The lowest BCUT2D eigenvalue weighted by Crippen LogP contribution is -2.37. The van der Waals surface area contributed by atoms with E-state index in [1.165, 1.54) is 22.6 Å². The molecule has 1 saturated heterocycles. The first-order chi connectivity index (χ1) is 13.0. The van der Waals surface area contributed by atoms with E-state index in [2.05, 4.69) is 5.32 Å². The van der Waals surface area contributed by atoms with Crippen molar-refractivity contribution >= 4 is 21.6 Å². The quantitative estimate of drug-likeness (QED) is 0.848. The monoisotopic (exact) mass is 389 g/mol. The number of carbonyl (C=O) groups excluding carboxylic acids is 1. The first-order valence-electron chi connectivity index (χ1n) is 9.03. The second-order valence-corrected chi connectivity index (χ2v) is 8.44. The van der Waals surface area contributed by atoms with Gasteiger partial charge in [-0.2, -0.15) is 4.31 Å². The first-order valence-corrected chi connectivity index (χ1v) is 10.5. The molecule has 144 valence electrons. The molecule has 1 N–H and O–H groups in total. The summed E-state index contributed by atoms with van der Waals surface area (Å²) in [6.45, 7) is 0.591. The highest BCUT2D eigenvalue weighted by Crippen LogP contribution is 2.18. The maximum atomic E-state index is 12.9. The number of nitrogens with one attached hydrogen (secondary N) is 1. The number of para-hydroxylation sites is 1. The van der Waals surface area contributed by atoms with Crippen molar-refractivity contribution < 1.29 is 13.2 Å². The summed E-state index contributed by atoms with van der Waals surface area (Å²) in [5, 5.41) is 2.69. The van der Waals surface area contributed by atoms with Crippen molar-refractivity contribution in [3.63, 3.8) is 0 Å². The van der Waals surface area contributed by atoms with Crippen LogP contribution in [0, 0.1) is 0 Å². The number of pyridine rings is 1. The van der Waals surface area contributed by atoms with Crippen molar-refractivity contribution in [3.05, 3.63) is 59.0 Å². The van der Waals surface area contributed by atoms with Crippen LogP contribution in [0.4, 0.5) is 5.69 Å². The third-order valence-electron chi connectivity index (χ3n) is 4.54. The van der Waals surface area contributed by atoms with Crippen LogP contribution in [0.1, 0.15) is 25.7 Å². The normalized spacial score (nSPS) is 15.9. The van der Waals surface area contributed by atoms with Crippen molar-refractivity contribution in [3.8, 4) is 0 Å². The van der Waals surface area contributed by atoms with E-state index >= 15 is 0 Å². The topological polar surface area (TPSA) is 88.5 Å². The van der Waals surface area contributed by atoms with Crippen molar-refractivity contribution in [2.45, 2.75) is 37.1 Å². The maximum absolute atomic E-state index is 12.9. The second kappa shape index (κ2) is 8.49. The van der Waals surface area contributed by atoms with Crippen LogP contribution in [-0.2, 0) is 21.4 Å². The fourth-order valence-corrected chi connectivity index (χ4v) is 4.74. The zero-order chi connectivity index (χ0) is 19.3. The Bertz CT molecular complexity index is 946. The molecule has 0 atom stereocenters. The summed E-state index contributed by atoms with van der Waals surface area (Å²) in [6.07, 6.45) is 4.99. The highest BCUT2D eigenvalue weighted by molar-refractivity contribution is 7.89. The molecule has 0 aliphatic carbocycles. The summed E-state index contributed by atoms with van der Waals surface area (Å²) in [4.78, 5) is 24.6. The maximum Gasteiger partial charge on any atom is 0.271 e. The van der Waals surface area contributed by atoms with Gasteiger partial charge in [0.1, 0.15) is 11.4 Å². The van der Waals surface area contributed by atoms with Crippen molar-refractivity contribution in [1.29, 1.82) is 0 Å². The minimum absolute atomic E-state index is 0.253. The van der Waals surface area contributed by atoms with Gasteiger partial charge >= 0.3 is 0 Å². The van der Waals surface area contributed by atoms with Crippen LogP contribution in [0.15, 0.2) is 58.4 Å². The molecule has 0 radical (unpaired) electrons. The predicted molar refractivity (Wildman–Crippen MR) is 103 cm³/mol. The number of nitrogens with zero attached hydrogens (tertiary/aromatic N) is 2. The molecule has 1 aromatic heterocycles. The lowest BCUT2D eigenvalue weighted by Gasteiger charge is -2.20. The summed E-state index contributed by atoms with van der Waals surface area (Å²) >= 11 is 0. The number of aromatic nitrogens is 1. The predicted octanol–water partition coefficient (Wildman–Crippen LogP) is 2.05. The molecule has 1 fully saturated rings. The second-order valence-electron chi connectivity index (χ2n) is 6.54. The summed E-state index contributed by atoms with van der Waals surface area (Å²) in [5.41, 5.74) is -0.0612. The van der Waals surface area contributed by atoms with E-state index in [1.54, 1.807) is 24.3 Å². The Morgan fingerprint density at radius 3 is 2.30 bits per heavy atom. The first kappa shape index (κ1) is 19.3. The van der Waals surface area contributed by atoms with Crippen LogP contribution in [0.25, 0.3) is 0 Å². The molecule has 0 spiro atoms. The molecule has 8 heteroatoms. The van der Waals surface area contributed by atoms with E-state index in [-0.39, 0.29) is 11.4 Å². The zero-order valence-electron chi connectivity index (χ0n) is 15.0. The number of amides is 1. The average molecular weight is 389 g/mol. The van der Waals surface area contributed by atoms with Crippen molar-refractivity contribution in [2.75, 3.05) is 18.4 Å². The van der Waals surface area contributed by atoms with E-state index in [0.717, 1.165) is 30.3 Å². The molecule has 7 nitrogen and oxygen atoms in total.